The van der Waals surface area contributed by atoms with Gasteiger partial charge < -0.3 is 14.7 Å². The standard InChI is InChI=1S/C11H16N4O3/c1-6-11(17)15(7(2)10(16)12-6)5-4-9-13-8(3)14-18-9/h6-7H,4-5H2,1-3H3,(H,12,16). The number of aromatic nitrogens is 2. The molecule has 1 N–H and O–H groups in total. The number of amides is 2. The maximum absolute atomic E-state index is 12.0. The van der Waals surface area contributed by atoms with Crippen molar-refractivity contribution in [3.63, 3.8) is 0 Å². The first-order valence-corrected chi connectivity index (χ1v) is 5.89. The van der Waals surface area contributed by atoms with Crippen molar-refractivity contribution in [2.24, 2.45) is 0 Å². The fraction of sp³-hybridized carbons (Fsp3) is 0.636. The van der Waals surface area contributed by atoms with Crippen LogP contribution in [-0.4, -0.2) is 45.5 Å². The number of piperazine rings is 1. The fourth-order valence-corrected chi connectivity index (χ4v) is 1.94. The summed E-state index contributed by atoms with van der Waals surface area (Å²) in [5.41, 5.74) is 0. The van der Waals surface area contributed by atoms with Crippen molar-refractivity contribution < 1.29 is 14.1 Å². The van der Waals surface area contributed by atoms with Crippen LogP contribution in [-0.2, 0) is 16.0 Å². The van der Waals surface area contributed by atoms with E-state index in [1.165, 1.54) is 0 Å². The van der Waals surface area contributed by atoms with Crippen molar-refractivity contribution in [1.29, 1.82) is 0 Å². The normalized spacial score (nSPS) is 24.3. The summed E-state index contributed by atoms with van der Waals surface area (Å²) in [6, 6.07) is -0.934. The summed E-state index contributed by atoms with van der Waals surface area (Å²) >= 11 is 0. The number of carbonyl (C=O) groups is 2. The van der Waals surface area contributed by atoms with Gasteiger partial charge in [0, 0.05) is 13.0 Å². The zero-order valence-electron chi connectivity index (χ0n) is 10.6. The lowest BCUT2D eigenvalue weighted by Crippen LogP contribution is -2.61. The summed E-state index contributed by atoms with van der Waals surface area (Å²) in [6.45, 7) is 5.52. The van der Waals surface area contributed by atoms with Crippen molar-refractivity contribution in [3.05, 3.63) is 11.7 Å². The van der Waals surface area contributed by atoms with E-state index in [1.54, 1.807) is 25.7 Å². The SMILES string of the molecule is Cc1noc(CCN2C(=O)C(C)NC(=O)C2C)n1. The third-order valence-electron chi connectivity index (χ3n) is 3.00. The van der Waals surface area contributed by atoms with Gasteiger partial charge in [-0.3, -0.25) is 9.59 Å². The molecule has 1 aromatic rings. The first-order valence-electron chi connectivity index (χ1n) is 5.89. The highest BCUT2D eigenvalue weighted by molar-refractivity contribution is 5.96. The van der Waals surface area contributed by atoms with E-state index in [-0.39, 0.29) is 11.8 Å². The minimum Gasteiger partial charge on any atom is -0.343 e. The number of carbonyl (C=O) groups excluding carboxylic acids is 2. The number of nitrogens with one attached hydrogen (secondary N) is 1. The molecule has 0 bridgehead atoms. The van der Waals surface area contributed by atoms with Gasteiger partial charge in [0.05, 0.1) is 0 Å². The number of hydrogen-bond donors (Lipinski definition) is 1. The molecule has 2 unspecified atom stereocenters. The second-order valence-corrected chi connectivity index (χ2v) is 4.42. The molecule has 1 aromatic heterocycles. The Morgan fingerprint density at radius 1 is 1.39 bits per heavy atom. The number of aryl methyl sites for hydroxylation is 1. The molecule has 1 saturated heterocycles. The van der Waals surface area contributed by atoms with Crippen LogP contribution in [0.5, 0.6) is 0 Å². The molecule has 1 fully saturated rings. The molecule has 1 aliphatic heterocycles. The van der Waals surface area contributed by atoms with Gasteiger partial charge in [-0.1, -0.05) is 5.16 Å². The molecule has 0 saturated carbocycles. The van der Waals surface area contributed by atoms with E-state index in [0.717, 1.165) is 0 Å². The van der Waals surface area contributed by atoms with Gasteiger partial charge in [0.25, 0.3) is 0 Å². The Balaban J connectivity index is 2.02. The number of hydrogen-bond acceptors (Lipinski definition) is 5. The molecule has 0 aliphatic carbocycles. The molecular formula is C11H16N4O3. The zero-order chi connectivity index (χ0) is 13.3. The van der Waals surface area contributed by atoms with Crippen LogP contribution in [0.25, 0.3) is 0 Å². The largest absolute Gasteiger partial charge is 0.343 e. The summed E-state index contributed by atoms with van der Waals surface area (Å²) in [7, 11) is 0. The van der Waals surface area contributed by atoms with Gasteiger partial charge in [0.1, 0.15) is 12.1 Å². The molecule has 0 spiro atoms. The minimum absolute atomic E-state index is 0.0849. The van der Waals surface area contributed by atoms with Crippen LogP contribution in [0.3, 0.4) is 0 Å². The highest BCUT2D eigenvalue weighted by Crippen LogP contribution is 2.10. The molecular weight excluding hydrogens is 236 g/mol. The van der Waals surface area contributed by atoms with E-state index in [9.17, 15) is 9.59 Å². The third kappa shape index (κ3) is 2.34. The third-order valence-corrected chi connectivity index (χ3v) is 3.00. The van der Waals surface area contributed by atoms with E-state index < -0.39 is 12.1 Å². The zero-order valence-corrected chi connectivity index (χ0v) is 10.6. The molecule has 2 rings (SSSR count). The van der Waals surface area contributed by atoms with Gasteiger partial charge in [0.15, 0.2) is 5.82 Å². The van der Waals surface area contributed by atoms with E-state index in [2.05, 4.69) is 15.5 Å². The molecule has 2 atom stereocenters. The lowest BCUT2D eigenvalue weighted by molar-refractivity contribution is -0.148. The van der Waals surface area contributed by atoms with Crippen LogP contribution >= 0.6 is 0 Å². The lowest BCUT2D eigenvalue weighted by atomic mass is 10.1. The minimum atomic E-state index is -0.474. The van der Waals surface area contributed by atoms with Gasteiger partial charge >= 0.3 is 0 Å². The summed E-state index contributed by atoms with van der Waals surface area (Å²) in [4.78, 5) is 29.2. The van der Waals surface area contributed by atoms with Gasteiger partial charge in [-0.05, 0) is 20.8 Å². The Morgan fingerprint density at radius 2 is 2.11 bits per heavy atom. The van der Waals surface area contributed by atoms with E-state index in [0.29, 0.717) is 24.7 Å². The molecule has 7 nitrogen and oxygen atoms in total. The summed E-state index contributed by atoms with van der Waals surface area (Å²) in [5, 5.41) is 6.31. The van der Waals surface area contributed by atoms with Crippen LogP contribution < -0.4 is 5.32 Å². The first-order chi connectivity index (χ1) is 8.49. The molecule has 0 aromatic carbocycles. The average Bonchev–Trinajstić information content (AvgIpc) is 2.73. The van der Waals surface area contributed by atoms with E-state index >= 15 is 0 Å². The molecule has 98 valence electrons. The molecule has 2 heterocycles. The van der Waals surface area contributed by atoms with Gasteiger partial charge in [0.2, 0.25) is 17.7 Å². The molecule has 18 heavy (non-hydrogen) atoms. The van der Waals surface area contributed by atoms with Gasteiger partial charge in [-0.25, -0.2) is 0 Å². The van der Waals surface area contributed by atoms with Gasteiger partial charge in [-0.2, -0.15) is 4.98 Å². The second-order valence-electron chi connectivity index (χ2n) is 4.42. The van der Waals surface area contributed by atoms with Gasteiger partial charge in [-0.15, -0.1) is 0 Å². The molecule has 2 amide bonds. The number of rotatable bonds is 3. The Hall–Kier alpha value is -1.92. The second kappa shape index (κ2) is 4.75. The average molecular weight is 252 g/mol. The predicted octanol–water partition coefficient (Wildman–Crippen LogP) is -0.344. The summed E-state index contributed by atoms with van der Waals surface area (Å²) < 4.78 is 4.98. The smallest absolute Gasteiger partial charge is 0.245 e. The first kappa shape index (κ1) is 12.5. The Morgan fingerprint density at radius 3 is 2.72 bits per heavy atom. The Bertz CT molecular complexity index is 471. The van der Waals surface area contributed by atoms with Crippen molar-refractivity contribution >= 4 is 11.8 Å². The van der Waals surface area contributed by atoms with Crippen molar-refractivity contribution in [2.75, 3.05) is 6.54 Å². The van der Waals surface area contributed by atoms with E-state index in [4.69, 9.17) is 4.52 Å². The van der Waals surface area contributed by atoms with Crippen LogP contribution in [0.1, 0.15) is 25.6 Å². The topological polar surface area (TPSA) is 88.3 Å². The molecule has 7 heteroatoms. The van der Waals surface area contributed by atoms with Crippen LogP contribution in [0.2, 0.25) is 0 Å². The summed E-state index contributed by atoms with van der Waals surface area (Å²) in [5.74, 6) is 0.822. The van der Waals surface area contributed by atoms with Crippen LogP contribution in [0, 0.1) is 6.92 Å². The van der Waals surface area contributed by atoms with Crippen molar-refractivity contribution in [2.45, 2.75) is 39.3 Å². The lowest BCUT2D eigenvalue weighted by Gasteiger charge is -2.35. The maximum atomic E-state index is 12.0. The Labute approximate surface area is 105 Å². The fourth-order valence-electron chi connectivity index (χ4n) is 1.94. The maximum Gasteiger partial charge on any atom is 0.245 e. The highest BCUT2D eigenvalue weighted by Gasteiger charge is 2.35. The quantitative estimate of drug-likeness (QED) is 0.794. The monoisotopic (exact) mass is 252 g/mol. The molecule has 0 radical (unpaired) electrons. The number of nitrogens with zero attached hydrogens (tertiary/aromatic N) is 3. The van der Waals surface area contributed by atoms with E-state index in [1.807, 2.05) is 0 Å². The highest BCUT2D eigenvalue weighted by atomic mass is 16.5. The summed E-state index contributed by atoms with van der Waals surface area (Å²) in [6.07, 6.45) is 0.455. The van der Waals surface area contributed by atoms with Crippen LogP contribution in [0.15, 0.2) is 4.52 Å². The van der Waals surface area contributed by atoms with Crippen molar-refractivity contribution in [1.82, 2.24) is 20.4 Å². The predicted molar refractivity (Wildman–Crippen MR) is 61.5 cm³/mol. The Kier molecular flexibility index (Phi) is 3.31. The van der Waals surface area contributed by atoms with Crippen LogP contribution in [0.4, 0.5) is 0 Å². The molecule has 1 aliphatic rings. The van der Waals surface area contributed by atoms with Crippen molar-refractivity contribution in [3.8, 4) is 0 Å².